The Balaban J connectivity index is 2.28. The quantitative estimate of drug-likeness (QED) is 0.584. The van der Waals surface area contributed by atoms with Gasteiger partial charge < -0.3 is 16.2 Å². The first kappa shape index (κ1) is 13.0. The van der Waals surface area contributed by atoms with Gasteiger partial charge in [0.25, 0.3) is 5.91 Å². The molecule has 0 aliphatic heterocycles. The molecule has 0 atom stereocenters. The minimum Gasteiger partial charge on any atom is -0.505 e. The number of aromatic hydroxyl groups is 1. The standard InChI is InChI=1S/C15H16N2O2/c1-2-10-6-3-4-9-13(10)17-15(19)11-7-5-8-12(16)14(11)18/h3-9,18H,2,16H2,1H3,(H,17,19). The summed E-state index contributed by atoms with van der Waals surface area (Å²) in [6.45, 7) is 2.02. The molecule has 0 unspecified atom stereocenters. The van der Waals surface area contributed by atoms with Crippen LogP contribution in [0.5, 0.6) is 5.75 Å². The Hall–Kier alpha value is -2.49. The molecule has 0 bridgehead atoms. The molecule has 0 aliphatic carbocycles. The number of hydrogen-bond acceptors (Lipinski definition) is 3. The lowest BCUT2D eigenvalue weighted by Gasteiger charge is -2.11. The van der Waals surface area contributed by atoms with Crippen LogP contribution in [0.4, 0.5) is 11.4 Å². The van der Waals surface area contributed by atoms with Crippen molar-refractivity contribution < 1.29 is 9.90 Å². The molecule has 0 fully saturated rings. The number of carbonyl (C=O) groups excluding carboxylic acids is 1. The molecule has 4 heteroatoms. The van der Waals surface area contributed by atoms with Gasteiger partial charge in [0, 0.05) is 5.69 Å². The Labute approximate surface area is 111 Å². The number of anilines is 2. The molecule has 2 aromatic carbocycles. The highest BCUT2D eigenvalue weighted by molar-refractivity contribution is 6.07. The fraction of sp³-hybridized carbons (Fsp3) is 0.133. The summed E-state index contributed by atoms with van der Waals surface area (Å²) in [6.07, 6.45) is 0.819. The van der Waals surface area contributed by atoms with E-state index in [0.717, 1.165) is 17.7 Å². The Morgan fingerprint density at radius 1 is 1.21 bits per heavy atom. The third-order valence-electron chi connectivity index (χ3n) is 2.96. The zero-order chi connectivity index (χ0) is 13.8. The van der Waals surface area contributed by atoms with Gasteiger partial charge in [-0.3, -0.25) is 4.79 Å². The van der Waals surface area contributed by atoms with E-state index in [1.54, 1.807) is 12.1 Å². The predicted octanol–water partition coefficient (Wildman–Crippen LogP) is 2.79. The maximum Gasteiger partial charge on any atom is 0.259 e. The number of phenolic OH excluding ortho intramolecular Hbond substituents is 1. The van der Waals surface area contributed by atoms with Gasteiger partial charge in [-0.05, 0) is 30.2 Å². The fourth-order valence-electron chi connectivity index (χ4n) is 1.88. The van der Waals surface area contributed by atoms with Crippen molar-refractivity contribution in [3.05, 3.63) is 53.6 Å². The summed E-state index contributed by atoms with van der Waals surface area (Å²) in [5.41, 5.74) is 7.73. The minimum absolute atomic E-state index is 0.172. The molecular formula is C15H16N2O2. The summed E-state index contributed by atoms with van der Waals surface area (Å²) in [4.78, 5) is 12.1. The van der Waals surface area contributed by atoms with Crippen LogP contribution in [0.3, 0.4) is 0 Å². The predicted molar refractivity (Wildman–Crippen MR) is 76.3 cm³/mol. The molecule has 0 spiro atoms. The monoisotopic (exact) mass is 256 g/mol. The molecule has 4 N–H and O–H groups in total. The molecule has 0 aromatic heterocycles. The maximum absolute atomic E-state index is 12.1. The molecule has 98 valence electrons. The van der Waals surface area contributed by atoms with Crippen LogP contribution in [0.1, 0.15) is 22.8 Å². The minimum atomic E-state index is -0.370. The summed E-state index contributed by atoms with van der Waals surface area (Å²) in [7, 11) is 0. The number of nitrogens with one attached hydrogen (secondary N) is 1. The largest absolute Gasteiger partial charge is 0.505 e. The molecule has 0 saturated heterocycles. The van der Waals surface area contributed by atoms with Crippen LogP contribution in [0.2, 0.25) is 0 Å². The van der Waals surface area contributed by atoms with E-state index in [9.17, 15) is 9.90 Å². The van der Waals surface area contributed by atoms with Gasteiger partial charge in [-0.15, -0.1) is 0 Å². The second-order valence-electron chi connectivity index (χ2n) is 4.21. The van der Waals surface area contributed by atoms with Crippen molar-refractivity contribution in [2.24, 2.45) is 0 Å². The van der Waals surface area contributed by atoms with E-state index in [-0.39, 0.29) is 22.9 Å². The third-order valence-corrected chi connectivity index (χ3v) is 2.96. The first-order chi connectivity index (χ1) is 9.13. The molecule has 4 nitrogen and oxygen atoms in total. The van der Waals surface area contributed by atoms with Crippen molar-refractivity contribution in [1.82, 2.24) is 0 Å². The highest BCUT2D eigenvalue weighted by Crippen LogP contribution is 2.25. The first-order valence-electron chi connectivity index (χ1n) is 6.10. The van der Waals surface area contributed by atoms with Crippen LogP contribution in [0, 0.1) is 0 Å². The maximum atomic E-state index is 12.1. The number of nitrogen functional groups attached to an aromatic ring is 1. The number of carbonyl (C=O) groups is 1. The van der Waals surface area contributed by atoms with E-state index in [1.807, 2.05) is 31.2 Å². The third kappa shape index (κ3) is 2.68. The van der Waals surface area contributed by atoms with Crippen molar-refractivity contribution in [3.8, 4) is 5.75 Å². The smallest absolute Gasteiger partial charge is 0.259 e. The zero-order valence-corrected chi connectivity index (χ0v) is 10.7. The van der Waals surface area contributed by atoms with Crippen LogP contribution in [0.15, 0.2) is 42.5 Å². The summed E-state index contributed by atoms with van der Waals surface area (Å²) >= 11 is 0. The van der Waals surface area contributed by atoms with E-state index in [2.05, 4.69) is 5.32 Å². The van der Waals surface area contributed by atoms with E-state index >= 15 is 0 Å². The van der Waals surface area contributed by atoms with Crippen molar-refractivity contribution >= 4 is 17.3 Å². The fourth-order valence-corrected chi connectivity index (χ4v) is 1.88. The van der Waals surface area contributed by atoms with E-state index < -0.39 is 0 Å². The lowest BCUT2D eigenvalue weighted by molar-refractivity contribution is 0.102. The Bertz CT molecular complexity index is 609. The molecular weight excluding hydrogens is 240 g/mol. The van der Waals surface area contributed by atoms with Gasteiger partial charge in [0.1, 0.15) is 0 Å². The number of amides is 1. The summed E-state index contributed by atoms with van der Waals surface area (Å²) < 4.78 is 0. The molecule has 1 amide bonds. The topological polar surface area (TPSA) is 75.4 Å². The average molecular weight is 256 g/mol. The molecule has 0 saturated carbocycles. The molecule has 0 heterocycles. The van der Waals surface area contributed by atoms with Gasteiger partial charge in [-0.25, -0.2) is 0 Å². The van der Waals surface area contributed by atoms with Crippen molar-refractivity contribution in [2.45, 2.75) is 13.3 Å². The number of nitrogens with two attached hydrogens (primary N) is 1. The van der Waals surface area contributed by atoms with Crippen LogP contribution < -0.4 is 11.1 Å². The highest BCUT2D eigenvalue weighted by atomic mass is 16.3. The lowest BCUT2D eigenvalue weighted by atomic mass is 10.1. The van der Waals surface area contributed by atoms with Crippen molar-refractivity contribution in [1.29, 1.82) is 0 Å². The second kappa shape index (κ2) is 5.44. The Morgan fingerprint density at radius 2 is 1.95 bits per heavy atom. The molecule has 19 heavy (non-hydrogen) atoms. The number of para-hydroxylation sites is 2. The van der Waals surface area contributed by atoms with Crippen LogP contribution in [0.25, 0.3) is 0 Å². The molecule has 2 aromatic rings. The normalized spacial score (nSPS) is 10.2. The summed E-state index contributed by atoms with van der Waals surface area (Å²) in [6, 6.07) is 12.3. The summed E-state index contributed by atoms with van der Waals surface area (Å²) in [5.74, 6) is -0.556. The van der Waals surface area contributed by atoms with E-state index in [0.29, 0.717) is 0 Å². The zero-order valence-electron chi connectivity index (χ0n) is 10.7. The number of phenols is 1. The van der Waals surface area contributed by atoms with Gasteiger partial charge in [-0.1, -0.05) is 31.2 Å². The van der Waals surface area contributed by atoms with Crippen LogP contribution >= 0.6 is 0 Å². The number of rotatable bonds is 3. The van der Waals surface area contributed by atoms with Gasteiger partial charge >= 0.3 is 0 Å². The number of hydrogen-bond donors (Lipinski definition) is 3. The van der Waals surface area contributed by atoms with E-state index in [1.165, 1.54) is 6.07 Å². The Morgan fingerprint density at radius 3 is 2.68 bits per heavy atom. The van der Waals surface area contributed by atoms with Crippen molar-refractivity contribution in [3.63, 3.8) is 0 Å². The first-order valence-corrected chi connectivity index (χ1v) is 6.10. The molecule has 2 rings (SSSR count). The number of benzene rings is 2. The molecule has 0 radical (unpaired) electrons. The van der Waals surface area contributed by atoms with Crippen LogP contribution in [-0.2, 0) is 6.42 Å². The molecule has 0 aliphatic rings. The summed E-state index contributed by atoms with van der Waals surface area (Å²) in [5, 5.41) is 12.6. The Kier molecular flexibility index (Phi) is 3.71. The average Bonchev–Trinajstić information content (AvgIpc) is 2.42. The number of aryl methyl sites for hydroxylation is 1. The van der Waals surface area contributed by atoms with Crippen molar-refractivity contribution in [2.75, 3.05) is 11.1 Å². The lowest BCUT2D eigenvalue weighted by Crippen LogP contribution is -2.13. The van der Waals surface area contributed by atoms with Gasteiger partial charge in [0.15, 0.2) is 5.75 Å². The second-order valence-corrected chi connectivity index (χ2v) is 4.21. The SMILES string of the molecule is CCc1ccccc1NC(=O)c1cccc(N)c1O. The van der Waals surface area contributed by atoms with E-state index in [4.69, 9.17) is 5.73 Å². The van der Waals surface area contributed by atoms with Gasteiger partial charge in [0.05, 0.1) is 11.3 Å². The highest BCUT2D eigenvalue weighted by Gasteiger charge is 2.13. The van der Waals surface area contributed by atoms with Gasteiger partial charge in [-0.2, -0.15) is 0 Å². The van der Waals surface area contributed by atoms with Gasteiger partial charge in [0.2, 0.25) is 0 Å². The van der Waals surface area contributed by atoms with Crippen LogP contribution in [-0.4, -0.2) is 11.0 Å².